The summed E-state index contributed by atoms with van der Waals surface area (Å²) in [5.74, 6) is 0.350. The van der Waals surface area contributed by atoms with Gasteiger partial charge in [-0.15, -0.1) is 22.9 Å². The number of rotatable bonds is 5. The van der Waals surface area contributed by atoms with Crippen LogP contribution in [0, 0.1) is 5.41 Å². The van der Waals surface area contributed by atoms with Gasteiger partial charge in [0, 0.05) is 43.5 Å². The average molecular weight is 439 g/mol. The fourth-order valence-corrected chi connectivity index (χ4v) is 5.22. The SMILES string of the molecule is CC(C)(CCl)C(=O)N1CCc2c(sc3ncn(CCN4CCOCC4)c(=O)c23)C1. The van der Waals surface area contributed by atoms with Crippen LogP contribution < -0.4 is 5.56 Å². The van der Waals surface area contributed by atoms with E-state index in [1.807, 2.05) is 18.7 Å². The molecule has 2 aliphatic rings. The number of hydrogen-bond acceptors (Lipinski definition) is 6. The number of carbonyl (C=O) groups is 1. The zero-order chi connectivity index (χ0) is 20.6. The van der Waals surface area contributed by atoms with Gasteiger partial charge in [0.15, 0.2) is 0 Å². The van der Waals surface area contributed by atoms with Crippen LogP contribution in [0.3, 0.4) is 0 Å². The van der Waals surface area contributed by atoms with E-state index in [0.29, 0.717) is 26.1 Å². The molecule has 29 heavy (non-hydrogen) atoms. The van der Waals surface area contributed by atoms with Crippen molar-refractivity contribution < 1.29 is 9.53 Å². The van der Waals surface area contributed by atoms with Crippen LogP contribution in [0.5, 0.6) is 0 Å². The molecule has 0 aromatic carbocycles. The van der Waals surface area contributed by atoms with Gasteiger partial charge < -0.3 is 9.64 Å². The Balaban J connectivity index is 1.56. The molecule has 4 rings (SSSR count). The molecule has 1 amide bonds. The van der Waals surface area contributed by atoms with Gasteiger partial charge in [0.05, 0.1) is 36.9 Å². The Morgan fingerprint density at radius 3 is 2.76 bits per heavy atom. The van der Waals surface area contributed by atoms with Crippen LogP contribution in [0.1, 0.15) is 24.3 Å². The standard InChI is InChI=1S/C20H27ClN4O3S/c1-20(2,12-21)19(27)24-4-3-14-15(11-24)29-17-16(14)18(26)25(13-22-17)6-5-23-7-9-28-10-8-23/h13H,3-12H2,1-2H3. The van der Waals surface area contributed by atoms with Crippen molar-refractivity contribution in [3.8, 4) is 0 Å². The summed E-state index contributed by atoms with van der Waals surface area (Å²) in [4.78, 5) is 36.5. The van der Waals surface area contributed by atoms with Gasteiger partial charge >= 0.3 is 0 Å². The van der Waals surface area contributed by atoms with Gasteiger partial charge in [-0.2, -0.15) is 0 Å². The van der Waals surface area contributed by atoms with E-state index in [1.54, 1.807) is 10.9 Å². The van der Waals surface area contributed by atoms with Crippen LogP contribution in [0.15, 0.2) is 11.1 Å². The van der Waals surface area contributed by atoms with Crippen molar-refractivity contribution >= 4 is 39.1 Å². The number of aromatic nitrogens is 2. The first kappa shape index (κ1) is 20.8. The minimum Gasteiger partial charge on any atom is -0.379 e. The quantitative estimate of drug-likeness (QED) is 0.667. The second kappa shape index (κ2) is 8.34. The maximum absolute atomic E-state index is 13.1. The zero-order valence-electron chi connectivity index (χ0n) is 16.9. The van der Waals surface area contributed by atoms with E-state index in [-0.39, 0.29) is 17.3 Å². The number of amides is 1. The molecule has 0 radical (unpaired) electrons. The molecule has 2 aliphatic heterocycles. The molecule has 2 aromatic rings. The molecule has 7 nitrogen and oxygen atoms in total. The van der Waals surface area contributed by atoms with Crippen molar-refractivity contribution in [1.82, 2.24) is 19.4 Å². The van der Waals surface area contributed by atoms with Crippen LogP contribution in [0.25, 0.3) is 10.2 Å². The number of halogens is 1. The highest BCUT2D eigenvalue weighted by Gasteiger charge is 2.34. The summed E-state index contributed by atoms with van der Waals surface area (Å²) in [6.45, 7) is 9.64. The first-order valence-corrected chi connectivity index (χ1v) is 11.4. The Labute approximate surface area is 179 Å². The van der Waals surface area contributed by atoms with Gasteiger partial charge in [-0.3, -0.25) is 19.1 Å². The Bertz CT molecular complexity index is 965. The third-order valence-corrected chi connectivity index (χ3v) is 7.58. The lowest BCUT2D eigenvalue weighted by atomic mass is 9.93. The molecule has 0 aliphatic carbocycles. The summed E-state index contributed by atoms with van der Waals surface area (Å²) >= 11 is 7.52. The van der Waals surface area contributed by atoms with Gasteiger partial charge in [0.2, 0.25) is 5.91 Å². The molecule has 158 valence electrons. The van der Waals surface area contributed by atoms with Crippen LogP contribution in [0.2, 0.25) is 0 Å². The number of morpholine rings is 1. The molecule has 0 spiro atoms. The van der Waals surface area contributed by atoms with Crippen molar-refractivity contribution in [3.63, 3.8) is 0 Å². The van der Waals surface area contributed by atoms with E-state index < -0.39 is 5.41 Å². The van der Waals surface area contributed by atoms with E-state index in [0.717, 1.165) is 53.5 Å². The molecule has 0 bridgehead atoms. The molecule has 9 heteroatoms. The summed E-state index contributed by atoms with van der Waals surface area (Å²) in [6, 6.07) is 0. The van der Waals surface area contributed by atoms with Crippen molar-refractivity contribution in [3.05, 3.63) is 27.1 Å². The highest BCUT2D eigenvalue weighted by molar-refractivity contribution is 7.18. The third kappa shape index (κ3) is 4.08. The van der Waals surface area contributed by atoms with Crippen molar-refractivity contribution in [2.24, 2.45) is 5.41 Å². The minimum absolute atomic E-state index is 0.0293. The van der Waals surface area contributed by atoms with Crippen LogP contribution in [-0.4, -0.2) is 70.5 Å². The fraction of sp³-hybridized carbons (Fsp3) is 0.650. The molecule has 0 saturated carbocycles. The lowest BCUT2D eigenvalue weighted by molar-refractivity contribution is -0.140. The predicted octanol–water partition coefficient (Wildman–Crippen LogP) is 1.94. The maximum atomic E-state index is 13.1. The summed E-state index contributed by atoms with van der Waals surface area (Å²) in [5, 5.41) is 0.734. The molecular formula is C20H27ClN4O3S. The number of alkyl halides is 1. The van der Waals surface area contributed by atoms with Crippen molar-refractivity contribution in [2.45, 2.75) is 33.4 Å². The molecular weight excluding hydrogens is 412 g/mol. The predicted molar refractivity (Wildman–Crippen MR) is 115 cm³/mol. The number of ether oxygens (including phenoxy) is 1. The Morgan fingerprint density at radius 2 is 2.03 bits per heavy atom. The minimum atomic E-state index is -0.583. The topological polar surface area (TPSA) is 67.7 Å². The maximum Gasteiger partial charge on any atom is 0.262 e. The van der Waals surface area contributed by atoms with E-state index in [4.69, 9.17) is 16.3 Å². The monoisotopic (exact) mass is 438 g/mol. The lowest BCUT2D eigenvalue weighted by Crippen LogP contribution is -2.44. The zero-order valence-corrected chi connectivity index (χ0v) is 18.5. The van der Waals surface area contributed by atoms with Gasteiger partial charge in [-0.1, -0.05) is 0 Å². The normalized spacial score (nSPS) is 18.2. The van der Waals surface area contributed by atoms with E-state index in [2.05, 4.69) is 9.88 Å². The lowest BCUT2D eigenvalue weighted by Gasteiger charge is -2.33. The van der Waals surface area contributed by atoms with Crippen LogP contribution >= 0.6 is 22.9 Å². The first-order chi connectivity index (χ1) is 13.9. The Kier molecular flexibility index (Phi) is 5.97. The largest absolute Gasteiger partial charge is 0.379 e. The van der Waals surface area contributed by atoms with Gasteiger partial charge in [0.25, 0.3) is 5.56 Å². The Morgan fingerprint density at radius 1 is 1.28 bits per heavy atom. The average Bonchev–Trinajstić information content (AvgIpc) is 3.12. The van der Waals surface area contributed by atoms with Crippen LogP contribution in [0.4, 0.5) is 0 Å². The van der Waals surface area contributed by atoms with Gasteiger partial charge in [-0.25, -0.2) is 4.98 Å². The highest BCUT2D eigenvalue weighted by Crippen LogP contribution is 2.34. The summed E-state index contributed by atoms with van der Waals surface area (Å²) in [6.07, 6.45) is 2.34. The molecule has 2 aromatic heterocycles. The number of thiophene rings is 1. The van der Waals surface area contributed by atoms with Gasteiger partial charge in [0.1, 0.15) is 4.83 Å². The van der Waals surface area contributed by atoms with E-state index >= 15 is 0 Å². The second-order valence-electron chi connectivity index (χ2n) is 8.38. The second-order valence-corrected chi connectivity index (χ2v) is 9.73. The fourth-order valence-electron chi connectivity index (χ4n) is 3.91. The van der Waals surface area contributed by atoms with Crippen molar-refractivity contribution in [1.29, 1.82) is 0 Å². The Hall–Kier alpha value is -1.48. The highest BCUT2D eigenvalue weighted by atomic mass is 35.5. The number of carbonyl (C=O) groups excluding carboxylic acids is 1. The molecule has 0 atom stereocenters. The van der Waals surface area contributed by atoms with Crippen LogP contribution in [-0.2, 0) is 29.0 Å². The molecule has 4 heterocycles. The summed E-state index contributed by atoms with van der Waals surface area (Å²) < 4.78 is 7.10. The first-order valence-electron chi connectivity index (χ1n) is 10.1. The van der Waals surface area contributed by atoms with Crippen molar-refractivity contribution in [2.75, 3.05) is 45.3 Å². The molecule has 1 saturated heterocycles. The molecule has 0 N–H and O–H groups in total. The number of nitrogens with zero attached hydrogens (tertiary/aromatic N) is 4. The summed E-state index contributed by atoms with van der Waals surface area (Å²) in [5.41, 5.74) is 0.512. The number of hydrogen-bond donors (Lipinski definition) is 0. The van der Waals surface area contributed by atoms with Gasteiger partial charge in [-0.05, 0) is 25.8 Å². The number of fused-ring (bicyclic) bond motifs is 3. The molecule has 0 unspecified atom stereocenters. The molecule has 1 fully saturated rings. The van der Waals surface area contributed by atoms with E-state index in [1.165, 1.54) is 11.3 Å². The summed E-state index contributed by atoms with van der Waals surface area (Å²) in [7, 11) is 0. The van der Waals surface area contributed by atoms with E-state index in [9.17, 15) is 9.59 Å². The smallest absolute Gasteiger partial charge is 0.262 e. The third-order valence-electron chi connectivity index (χ3n) is 5.79.